The monoisotopic (exact) mass is 445 g/mol. The maximum absolute atomic E-state index is 13.4. The summed E-state index contributed by atoms with van der Waals surface area (Å²) in [5.74, 6) is 1.77. The summed E-state index contributed by atoms with van der Waals surface area (Å²) >= 11 is 2.98. The van der Waals surface area contributed by atoms with E-state index in [0.29, 0.717) is 35.8 Å². The first kappa shape index (κ1) is 21.2. The molecule has 0 saturated carbocycles. The van der Waals surface area contributed by atoms with E-state index in [1.165, 1.54) is 22.2 Å². The lowest BCUT2D eigenvalue weighted by Crippen LogP contribution is -2.28. The van der Waals surface area contributed by atoms with Crippen molar-refractivity contribution in [3.05, 3.63) is 45.0 Å². The molecule has 0 aromatic carbocycles. The number of thiophene rings is 1. The third-order valence-corrected chi connectivity index (χ3v) is 7.42. The van der Waals surface area contributed by atoms with Crippen LogP contribution in [0.15, 0.2) is 32.8 Å². The van der Waals surface area contributed by atoms with Crippen LogP contribution in [-0.2, 0) is 30.7 Å². The van der Waals surface area contributed by atoms with Crippen molar-refractivity contribution in [2.45, 2.75) is 58.3 Å². The minimum Gasteiger partial charge on any atom is -0.467 e. The van der Waals surface area contributed by atoms with E-state index in [1.54, 1.807) is 28.2 Å². The standard InChI is InChI=1S/C22H27N3O3S2/c1-13(2)11-25-21(27)19-16-7-6-14(3)9-17(16)30-20(19)24-22(25)29-12-18(26)23-10-15-5-4-8-28-15/h4-5,8,13-14H,6-7,9-12H2,1-3H3,(H,23,26). The Bertz CT molecular complexity index is 1100. The number of amides is 1. The summed E-state index contributed by atoms with van der Waals surface area (Å²) < 4.78 is 7.01. The van der Waals surface area contributed by atoms with Crippen molar-refractivity contribution in [2.75, 3.05) is 5.75 Å². The molecule has 1 aliphatic rings. The normalized spacial score (nSPS) is 16.2. The molecule has 6 nitrogen and oxygen atoms in total. The second-order valence-corrected chi connectivity index (χ2v) is 10.4. The van der Waals surface area contributed by atoms with Crippen LogP contribution in [0.5, 0.6) is 0 Å². The van der Waals surface area contributed by atoms with E-state index in [9.17, 15) is 9.59 Å². The van der Waals surface area contributed by atoms with Crippen molar-refractivity contribution in [3.8, 4) is 0 Å². The summed E-state index contributed by atoms with van der Waals surface area (Å²) in [7, 11) is 0. The number of hydrogen-bond acceptors (Lipinski definition) is 6. The van der Waals surface area contributed by atoms with Gasteiger partial charge in [-0.1, -0.05) is 32.5 Å². The minimum absolute atomic E-state index is 0.0410. The van der Waals surface area contributed by atoms with Gasteiger partial charge >= 0.3 is 0 Å². The maximum atomic E-state index is 13.4. The van der Waals surface area contributed by atoms with Crippen molar-refractivity contribution >= 4 is 39.2 Å². The first-order valence-electron chi connectivity index (χ1n) is 10.4. The SMILES string of the molecule is CC(C)Cn1c(SCC(=O)NCc2ccco2)nc2sc3c(c2c1=O)CCC(C)C3. The van der Waals surface area contributed by atoms with Crippen molar-refractivity contribution in [3.63, 3.8) is 0 Å². The highest BCUT2D eigenvalue weighted by atomic mass is 32.2. The summed E-state index contributed by atoms with van der Waals surface area (Å²) in [4.78, 5) is 32.7. The molecule has 1 atom stereocenters. The van der Waals surface area contributed by atoms with Gasteiger partial charge in [-0.15, -0.1) is 11.3 Å². The van der Waals surface area contributed by atoms with Crippen LogP contribution in [0, 0.1) is 11.8 Å². The highest BCUT2D eigenvalue weighted by Crippen LogP contribution is 2.36. The molecule has 8 heteroatoms. The number of rotatable bonds is 7. The molecule has 1 N–H and O–H groups in total. The molecule has 1 unspecified atom stereocenters. The Morgan fingerprint density at radius 2 is 2.30 bits per heavy atom. The van der Waals surface area contributed by atoms with Crippen LogP contribution in [0.2, 0.25) is 0 Å². The van der Waals surface area contributed by atoms with Gasteiger partial charge in [-0.05, 0) is 48.8 Å². The number of hydrogen-bond donors (Lipinski definition) is 1. The first-order chi connectivity index (χ1) is 14.4. The molecule has 3 aromatic heterocycles. The predicted molar refractivity (Wildman–Crippen MR) is 121 cm³/mol. The van der Waals surface area contributed by atoms with E-state index in [0.717, 1.165) is 29.5 Å². The highest BCUT2D eigenvalue weighted by Gasteiger charge is 2.25. The number of furan rings is 1. The molecule has 4 rings (SSSR count). The lowest BCUT2D eigenvalue weighted by atomic mass is 9.89. The zero-order valence-corrected chi connectivity index (χ0v) is 19.2. The number of fused-ring (bicyclic) bond motifs is 3. The van der Waals surface area contributed by atoms with Gasteiger partial charge in [0.2, 0.25) is 5.91 Å². The lowest BCUT2D eigenvalue weighted by Gasteiger charge is -2.18. The van der Waals surface area contributed by atoms with Crippen LogP contribution in [0.4, 0.5) is 0 Å². The maximum Gasteiger partial charge on any atom is 0.263 e. The van der Waals surface area contributed by atoms with Crippen molar-refractivity contribution in [2.24, 2.45) is 11.8 Å². The Morgan fingerprint density at radius 3 is 3.03 bits per heavy atom. The predicted octanol–water partition coefficient (Wildman–Crippen LogP) is 4.24. The van der Waals surface area contributed by atoms with Crippen molar-refractivity contribution < 1.29 is 9.21 Å². The van der Waals surface area contributed by atoms with Crippen molar-refractivity contribution in [1.82, 2.24) is 14.9 Å². The van der Waals surface area contributed by atoms with Gasteiger partial charge in [-0.3, -0.25) is 14.2 Å². The molecule has 1 amide bonds. The van der Waals surface area contributed by atoms with Gasteiger partial charge in [0.05, 0.1) is 23.9 Å². The molecular weight excluding hydrogens is 418 g/mol. The molecular formula is C22H27N3O3S2. The van der Waals surface area contributed by atoms with E-state index in [2.05, 4.69) is 26.1 Å². The fourth-order valence-corrected chi connectivity index (χ4v) is 6.08. The Balaban J connectivity index is 1.59. The lowest BCUT2D eigenvalue weighted by molar-refractivity contribution is -0.118. The van der Waals surface area contributed by atoms with Gasteiger partial charge in [0, 0.05) is 11.4 Å². The summed E-state index contributed by atoms with van der Waals surface area (Å²) in [5.41, 5.74) is 1.25. The number of aryl methyl sites for hydroxylation is 1. The number of nitrogens with one attached hydrogen (secondary N) is 1. The molecule has 0 aliphatic heterocycles. The molecule has 160 valence electrons. The topological polar surface area (TPSA) is 77.1 Å². The second-order valence-electron chi connectivity index (χ2n) is 8.38. The zero-order valence-electron chi connectivity index (χ0n) is 17.6. The van der Waals surface area contributed by atoms with Gasteiger partial charge in [0.25, 0.3) is 5.56 Å². The fraction of sp³-hybridized carbons (Fsp3) is 0.500. The molecule has 0 saturated heterocycles. The Hall–Kier alpha value is -2.06. The van der Waals surface area contributed by atoms with Gasteiger partial charge in [-0.2, -0.15) is 0 Å². The second kappa shape index (κ2) is 8.98. The van der Waals surface area contributed by atoms with Crippen LogP contribution in [0.25, 0.3) is 10.2 Å². The summed E-state index contributed by atoms with van der Waals surface area (Å²) in [6.45, 7) is 7.39. The zero-order chi connectivity index (χ0) is 21.3. The van der Waals surface area contributed by atoms with E-state index in [-0.39, 0.29) is 17.2 Å². The third kappa shape index (κ3) is 4.49. The summed E-state index contributed by atoms with van der Waals surface area (Å²) in [5, 5.41) is 4.27. The molecule has 1 aliphatic carbocycles. The molecule has 30 heavy (non-hydrogen) atoms. The van der Waals surface area contributed by atoms with E-state index in [4.69, 9.17) is 9.40 Å². The van der Waals surface area contributed by atoms with E-state index >= 15 is 0 Å². The van der Waals surface area contributed by atoms with E-state index < -0.39 is 0 Å². The average molecular weight is 446 g/mol. The third-order valence-electron chi connectivity index (χ3n) is 5.30. The largest absolute Gasteiger partial charge is 0.467 e. The van der Waals surface area contributed by atoms with Gasteiger partial charge in [-0.25, -0.2) is 4.98 Å². The van der Waals surface area contributed by atoms with Crippen LogP contribution in [0.1, 0.15) is 43.4 Å². The first-order valence-corrected chi connectivity index (χ1v) is 12.2. The molecule has 0 bridgehead atoms. The summed E-state index contributed by atoms with van der Waals surface area (Å²) in [6.07, 6.45) is 4.69. The van der Waals surface area contributed by atoms with Crippen LogP contribution in [0.3, 0.4) is 0 Å². The van der Waals surface area contributed by atoms with Crippen LogP contribution >= 0.6 is 23.1 Å². The minimum atomic E-state index is -0.110. The van der Waals surface area contributed by atoms with E-state index in [1.807, 2.05) is 6.07 Å². The molecule has 0 spiro atoms. The Morgan fingerprint density at radius 1 is 1.47 bits per heavy atom. The number of nitrogens with zero attached hydrogens (tertiary/aromatic N) is 2. The quantitative estimate of drug-likeness (QED) is 0.435. The average Bonchev–Trinajstić information content (AvgIpc) is 3.33. The summed E-state index contributed by atoms with van der Waals surface area (Å²) in [6, 6.07) is 3.62. The molecule has 3 aromatic rings. The molecule has 0 fully saturated rings. The van der Waals surface area contributed by atoms with Gasteiger partial charge in [0.1, 0.15) is 10.6 Å². The fourth-order valence-electron chi connectivity index (χ4n) is 3.82. The number of thioether (sulfide) groups is 1. The Labute approximate surface area is 184 Å². The van der Waals surface area contributed by atoms with Crippen LogP contribution in [-0.4, -0.2) is 21.2 Å². The number of carbonyl (C=O) groups excluding carboxylic acids is 1. The molecule has 3 heterocycles. The van der Waals surface area contributed by atoms with Crippen molar-refractivity contribution in [1.29, 1.82) is 0 Å². The highest BCUT2D eigenvalue weighted by molar-refractivity contribution is 7.99. The number of aromatic nitrogens is 2. The van der Waals surface area contributed by atoms with Gasteiger partial charge in [0.15, 0.2) is 5.16 Å². The molecule has 0 radical (unpaired) electrons. The smallest absolute Gasteiger partial charge is 0.263 e. The number of carbonyl (C=O) groups is 1. The Kier molecular flexibility index (Phi) is 6.34. The van der Waals surface area contributed by atoms with Crippen LogP contribution < -0.4 is 10.9 Å². The van der Waals surface area contributed by atoms with Gasteiger partial charge < -0.3 is 9.73 Å².